The van der Waals surface area contributed by atoms with E-state index in [4.69, 9.17) is 12.2 Å². The lowest BCUT2D eigenvalue weighted by molar-refractivity contribution is 0.442. The highest BCUT2D eigenvalue weighted by Crippen LogP contribution is 2.12. The first kappa shape index (κ1) is 10.5. The fourth-order valence-corrected chi connectivity index (χ4v) is 1.31. The van der Waals surface area contributed by atoms with Crippen molar-refractivity contribution >= 4 is 0 Å². The summed E-state index contributed by atoms with van der Waals surface area (Å²) in [6.45, 7) is 4.29. The Morgan fingerprint density at radius 2 is 2.09 bits per heavy atom. The maximum absolute atomic E-state index is 5.66. The fraction of sp³-hybridized carbons (Fsp3) is 0.800. The Balaban J connectivity index is 3.24. The van der Waals surface area contributed by atoms with Gasteiger partial charge in [-0.1, -0.05) is 6.92 Å². The molecular weight excluding hydrogens is 134 g/mol. The van der Waals surface area contributed by atoms with Crippen molar-refractivity contribution < 1.29 is 0 Å². The predicted octanol–water partition coefficient (Wildman–Crippen LogP) is 2.16. The molecular formula is C10H19N. The summed E-state index contributed by atoms with van der Waals surface area (Å²) in [5, 5.41) is 0. The molecule has 0 aromatic heterocycles. The summed E-state index contributed by atoms with van der Waals surface area (Å²) in [6.07, 6.45) is 9.52. The van der Waals surface area contributed by atoms with Crippen LogP contribution in [-0.4, -0.2) is 6.04 Å². The van der Waals surface area contributed by atoms with E-state index in [0.717, 1.165) is 25.2 Å². The van der Waals surface area contributed by atoms with E-state index in [1.807, 2.05) is 0 Å². The molecule has 0 aliphatic carbocycles. The largest absolute Gasteiger partial charge is 0.328 e. The third-order valence-electron chi connectivity index (χ3n) is 1.79. The molecule has 2 unspecified atom stereocenters. The number of terminal acetylenes is 1. The van der Waals surface area contributed by atoms with Crippen LogP contribution in [0.5, 0.6) is 0 Å². The Bertz CT molecular complexity index is 121. The normalized spacial score (nSPS) is 15.5. The van der Waals surface area contributed by atoms with Gasteiger partial charge in [-0.15, -0.1) is 12.3 Å². The van der Waals surface area contributed by atoms with Gasteiger partial charge in [-0.25, -0.2) is 0 Å². The molecule has 0 rings (SSSR count). The van der Waals surface area contributed by atoms with Crippen LogP contribution in [-0.2, 0) is 0 Å². The second-order valence-corrected chi connectivity index (χ2v) is 3.41. The van der Waals surface area contributed by atoms with Crippen LogP contribution in [0.25, 0.3) is 0 Å². The molecule has 0 aliphatic rings. The van der Waals surface area contributed by atoms with Crippen LogP contribution in [0, 0.1) is 18.3 Å². The van der Waals surface area contributed by atoms with Gasteiger partial charge in [-0.05, 0) is 32.1 Å². The lowest BCUT2D eigenvalue weighted by Crippen LogP contribution is -2.18. The topological polar surface area (TPSA) is 26.0 Å². The standard InChI is InChI=1S/C10H19N/c1-4-5-6-7-9(2)8-10(3)11/h1,9-10H,5-8,11H2,2-3H3. The summed E-state index contributed by atoms with van der Waals surface area (Å²) in [5.74, 6) is 3.37. The molecule has 0 amide bonds. The number of hydrogen-bond acceptors (Lipinski definition) is 1. The third-order valence-corrected chi connectivity index (χ3v) is 1.79. The first-order valence-electron chi connectivity index (χ1n) is 4.36. The van der Waals surface area contributed by atoms with Gasteiger partial charge in [0.25, 0.3) is 0 Å². The average Bonchev–Trinajstić information content (AvgIpc) is 1.86. The molecule has 0 bridgehead atoms. The van der Waals surface area contributed by atoms with Crippen molar-refractivity contribution in [2.75, 3.05) is 0 Å². The van der Waals surface area contributed by atoms with Crippen molar-refractivity contribution in [2.24, 2.45) is 11.7 Å². The highest BCUT2D eigenvalue weighted by atomic mass is 14.6. The van der Waals surface area contributed by atoms with Crippen molar-refractivity contribution in [1.82, 2.24) is 0 Å². The van der Waals surface area contributed by atoms with E-state index in [2.05, 4.69) is 19.8 Å². The van der Waals surface area contributed by atoms with Crippen molar-refractivity contribution in [3.8, 4) is 12.3 Å². The van der Waals surface area contributed by atoms with Crippen LogP contribution in [0.1, 0.15) is 39.5 Å². The Labute approximate surface area is 70.4 Å². The Morgan fingerprint density at radius 1 is 1.45 bits per heavy atom. The number of rotatable bonds is 5. The SMILES string of the molecule is C#CCCCC(C)CC(C)N. The summed E-state index contributed by atoms with van der Waals surface area (Å²) in [6, 6.07) is 0.329. The minimum absolute atomic E-state index is 0.329. The van der Waals surface area contributed by atoms with Gasteiger partial charge in [0.2, 0.25) is 0 Å². The first-order chi connectivity index (χ1) is 5.16. The Hall–Kier alpha value is -0.480. The highest BCUT2D eigenvalue weighted by molar-refractivity contribution is 4.83. The molecule has 0 saturated carbocycles. The molecule has 11 heavy (non-hydrogen) atoms. The summed E-state index contributed by atoms with van der Waals surface area (Å²) in [7, 11) is 0. The number of nitrogens with two attached hydrogens (primary N) is 1. The smallest absolute Gasteiger partial charge is 0.00861 e. The van der Waals surface area contributed by atoms with Crippen molar-refractivity contribution in [1.29, 1.82) is 0 Å². The van der Waals surface area contributed by atoms with Crippen molar-refractivity contribution in [3.05, 3.63) is 0 Å². The monoisotopic (exact) mass is 153 g/mol. The van der Waals surface area contributed by atoms with Gasteiger partial charge >= 0.3 is 0 Å². The van der Waals surface area contributed by atoms with Crippen LogP contribution in [0.15, 0.2) is 0 Å². The second kappa shape index (κ2) is 6.24. The first-order valence-corrected chi connectivity index (χ1v) is 4.36. The van der Waals surface area contributed by atoms with E-state index in [1.165, 1.54) is 6.42 Å². The van der Waals surface area contributed by atoms with Gasteiger partial charge in [-0.2, -0.15) is 0 Å². The minimum atomic E-state index is 0.329. The van der Waals surface area contributed by atoms with E-state index in [-0.39, 0.29) is 0 Å². The van der Waals surface area contributed by atoms with E-state index < -0.39 is 0 Å². The Morgan fingerprint density at radius 3 is 2.55 bits per heavy atom. The van der Waals surface area contributed by atoms with E-state index >= 15 is 0 Å². The van der Waals surface area contributed by atoms with Gasteiger partial charge in [0.1, 0.15) is 0 Å². The van der Waals surface area contributed by atoms with Crippen molar-refractivity contribution in [3.63, 3.8) is 0 Å². The quantitative estimate of drug-likeness (QED) is 0.475. The van der Waals surface area contributed by atoms with E-state index in [1.54, 1.807) is 0 Å². The lowest BCUT2D eigenvalue weighted by atomic mass is 9.97. The molecule has 0 saturated heterocycles. The van der Waals surface area contributed by atoms with E-state index in [9.17, 15) is 0 Å². The summed E-state index contributed by atoms with van der Waals surface area (Å²) < 4.78 is 0. The zero-order chi connectivity index (χ0) is 8.69. The lowest BCUT2D eigenvalue weighted by Gasteiger charge is -2.12. The molecule has 0 radical (unpaired) electrons. The summed E-state index contributed by atoms with van der Waals surface area (Å²) in [4.78, 5) is 0. The molecule has 0 spiro atoms. The molecule has 2 N–H and O–H groups in total. The highest BCUT2D eigenvalue weighted by Gasteiger charge is 2.03. The van der Waals surface area contributed by atoms with Crippen LogP contribution in [0.2, 0.25) is 0 Å². The number of hydrogen-bond donors (Lipinski definition) is 1. The third kappa shape index (κ3) is 7.42. The van der Waals surface area contributed by atoms with Gasteiger partial charge in [0.15, 0.2) is 0 Å². The second-order valence-electron chi connectivity index (χ2n) is 3.41. The zero-order valence-electron chi connectivity index (χ0n) is 7.64. The fourth-order valence-electron chi connectivity index (χ4n) is 1.31. The molecule has 0 fully saturated rings. The number of unbranched alkanes of at least 4 members (excludes halogenated alkanes) is 1. The maximum atomic E-state index is 5.66. The molecule has 0 aromatic carbocycles. The minimum Gasteiger partial charge on any atom is -0.328 e. The zero-order valence-corrected chi connectivity index (χ0v) is 7.64. The van der Waals surface area contributed by atoms with Gasteiger partial charge in [-0.3, -0.25) is 0 Å². The Kier molecular flexibility index (Phi) is 5.97. The molecule has 1 heteroatoms. The average molecular weight is 153 g/mol. The summed E-state index contributed by atoms with van der Waals surface area (Å²) >= 11 is 0. The van der Waals surface area contributed by atoms with Gasteiger partial charge in [0.05, 0.1) is 0 Å². The van der Waals surface area contributed by atoms with Crippen molar-refractivity contribution in [2.45, 2.75) is 45.6 Å². The van der Waals surface area contributed by atoms with Gasteiger partial charge < -0.3 is 5.73 Å². The van der Waals surface area contributed by atoms with Crippen LogP contribution < -0.4 is 5.73 Å². The molecule has 0 aromatic rings. The molecule has 1 nitrogen and oxygen atoms in total. The van der Waals surface area contributed by atoms with Crippen LogP contribution >= 0.6 is 0 Å². The summed E-state index contributed by atoms with van der Waals surface area (Å²) in [5.41, 5.74) is 5.66. The van der Waals surface area contributed by atoms with Crippen LogP contribution in [0.4, 0.5) is 0 Å². The van der Waals surface area contributed by atoms with E-state index in [0.29, 0.717) is 6.04 Å². The molecule has 2 atom stereocenters. The molecule has 0 heterocycles. The predicted molar refractivity (Wildman–Crippen MR) is 50.1 cm³/mol. The molecule has 64 valence electrons. The van der Waals surface area contributed by atoms with Gasteiger partial charge in [0, 0.05) is 12.5 Å². The molecule has 0 aliphatic heterocycles. The van der Waals surface area contributed by atoms with Crippen LogP contribution in [0.3, 0.4) is 0 Å². The maximum Gasteiger partial charge on any atom is 0.00861 e.